The fourth-order valence-corrected chi connectivity index (χ4v) is 3.19. The maximum absolute atomic E-state index is 9.30. The Kier molecular flexibility index (Phi) is 5.37. The van der Waals surface area contributed by atoms with Gasteiger partial charge in [-0.1, -0.05) is 0 Å². The van der Waals surface area contributed by atoms with Crippen LogP contribution in [-0.4, -0.2) is 56.7 Å². The second-order valence-corrected chi connectivity index (χ2v) is 5.94. The van der Waals surface area contributed by atoms with E-state index in [0.29, 0.717) is 12.6 Å². The third kappa shape index (κ3) is 3.63. The van der Waals surface area contributed by atoms with Gasteiger partial charge in [0.25, 0.3) is 0 Å². The largest absolute Gasteiger partial charge is 0.395 e. The van der Waals surface area contributed by atoms with E-state index in [9.17, 15) is 5.11 Å². The number of unbranched alkanes of at least 4 members (excludes halogenated alkanes) is 1. The van der Waals surface area contributed by atoms with Crippen LogP contribution in [0.15, 0.2) is 24.7 Å². The van der Waals surface area contributed by atoms with E-state index >= 15 is 0 Å². The van der Waals surface area contributed by atoms with Crippen molar-refractivity contribution in [3.8, 4) is 0 Å². The molecule has 6 heteroatoms. The van der Waals surface area contributed by atoms with Gasteiger partial charge < -0.3 is 10.4 Å². The van der Waals surface area contributed by atoms with Crippen LogP contribution >= 0.6 is 0 Å². The molecule has 0 aromatic carbocycles. The maximum atomic E-state index is 9.30. The summed E-state index contributed by atoms with van der Waals surface area (Å²) < 4.78 is 2.02. The molecule has 1 aliphatic rings. The molecule has 0 aliphatic carbocycles. The van der Waals surface area contributed by atoms with Gasteiger partial charge >= 0.3 is 0 Å². The average Bonchev–Trinajstić information content (AvgIpc) is 3.17. The molecule has 6 nitrogen and oxygen atoms in total. The van der Waals surface area contributed by atoms with Gasteiger partial charge in [-0.25, -0.2) is 9.97 Å². The van der Waals surface area contributed by atoms with Crippen LogP contribution in [0.1, 0.15) is 31.4 Å². The number of aromatic nitrogens is 3. The predicted octanol–water partition coefficient (Wildman–Crippen LogP) is 1.06. The predicted molar refractivity (Wildman–Crippen MR) is 85.6 cm³/mol. The highest BCUT2D eigenvalue weighted by molar-refractivity contribution is 5.30. The zero-order valence-corrected chi connectivity index (χ0v) is 13.0. The second kappa shape index (κ2) is 7.67. The molecule has 1 fully saturated rings. The Labute approximate surface area is 131 Å². The second-order valence-electron chi connectivity index (χ2n) is 5.94. The molecule has 3 rings (SSSR count). The lowest BCUT2D eigenvalue weighted by Gasteiger charge is -2.22. The summed E-state index contributed by atoms with van der Waals surface area (Å²) in [6.07, 6.45) is 10.3. The molecule has 22 heavy (non-hydrogen) atoms. The van der Waals surface area contributed by atoms with E-state index in [2.05, 4.69) is 20.2 Å². The molecule has 1 saturated heterocycles. The molecule has 0 amide bonds. The standard InChI is InChI=1S/C16H25N5O/c22-13-14-5-3-9-20(14)8-2-1-6-17-11-15-12-19-16-18-7-4-10-21(15)16/h4,7,10,12,14,17,22H,1-3,5-6,8-9,11,13H2. The van der Waals surface area contributed by atoms with Crippen LogP contribution in [0.5, 0.6) is 0 Å². The Bertz CT molecular complexity index is 585. The van der Waals surface area contributed by atoms with E-state index in [1.807, 2.05) is 22.9 Å². The first-order valence-corrected chi connectivity index (χ1v) is 8.21. The number of aliphatic hydroxyl groups excluding tert-OH is 1. The Morgan fingerprint density at radius 3 is 3.18 bits per heavy atom. The number of hydrogen-bond donors (Lipinski definition) is 2. The smallest absolute Gasteiger partial charge is 0.233 e. The van der Waals surface area contributed by atoms with Crippen molar-refractivity contribution >= 4 is 5.78 Å². The fourth-order valence-electron chi connectivity index (χ4n) is 3.19. The molecule has 0 saturated carbocycles. The van der Waals surface area contributed by atoms with Gasteiger partial charge in [0.2, 0.25) is 5.78 Å². The van der Waals surface area contributed by atoms with Crippen LogP contribution < -0.4 is 5.32 Å². The van der Waals surface area contributed by atoms with Crippen LogP contribution in [0.4, 0.5) is 0 Å². The van der Waals surface area contributed by atoms with Crippen LogP contribution in [0, 0.1) is 0 Å². The minimum Gasteiger partial charge on any atom is -0.395 e. The lowest BCUT2D eigenvalue weighted by atomic mass is 10.2. The summed E-state index contributed by atoms with van der Waals surface area (Å²) in [5, 5.41) is 12.8. The van der Waals surface area contributed by atoms with Crippen molar-refractivity contribution in [1.82, 2.24) is 24.6 Å². The summed E-state index contributed by atoms with van der Waals surface area (Å²) in [6, 6.07) is 2.32. The number of aliphatic hydroxyl groups is 1. The van der Waals surface area contributed by atoms with E-state index in [1.54, 1.807) is 6.20 Å². The van der Waals surface area contributed by atoms with Gasteiger partial charge in [0, 0.05) is 25.0 Å². The highest BCUT2D eigenvalue weighted by atomic mass is 16.3. The topological polar surface area (TPSA) is 65.7 Å². The van der Waals surface area contributed by atoms with E-state index in [1.165, 1.54) is 12.8 Å². The zero-order valence-electron chi connectivity index (χ0n) is 13.0. The molecule has 0 spiro atoms. The summed E-state index contributed by atoms with van der Waals surface area (Å²) >= 11 is 0. The van der Waals surface area contributed by atoms with Crippen LogP contribution in [-0.2, 0) is 6.54 Å². The highest BCUT2D eigenvalue weighted by Gasteiger charge is 2.22. The molecule has 120 valence electrons. The molecule has 1 atom stereocenters. The first-order chi connectivity index (χ1) is 10.9. The molecule has 1 aliphatic heterocycles. The number of fused-ring (bicyclic) bond motifs is 1. The zero-order chi connectivity index (χ0) is 15.2. The van der Waals surface area contributed by atoms with Gasteiger partial charge in [-0.2, -0.15) is 0 Å². The van der Waals surface area contributed by atoms with Crippen molar-refractivity contribution in [2.75, 3.05) is 26.2 Å². The summed E-state index contributed by atoms with van der Waals surface area (Å²) in [5.74, 6) is 0.753. The van der Waals surface area contributed by atoms with Gasteiger partial charge in [-0.3, -0.25) is 9.30 Å². The number of nitrogens with zero attached hydrogens (tertiary/aromatic N) is 4. The van der Waals surface area contributed by atoms with Gasteiger partial charge in [0.15, 0.2) is 0 Å². The lowest BCUT2D eigenvalue weighted by molar-refractivity contribution is 0.157. The summed E-state index contributed by atoms with van der Waals surface area (Å²) in [6.45, 7) is 4.38. The van der Waals surface area contributed by atoms with Crippen molar-refractivity contribution in [2.45, 2.75) is 38.3 Å². The number of rotatable bonds is 8. The summed E-state index contributed by atoms with van der Waals surface area (Å²) in [4.78, 5) is 10.9. The molecule has 0 radical (unpaired) electrons. The SMILES string of the molecule is OCC1CCCN1CCCCNCc1cnc2ncccn12. The van der Waals surface area contributed by atoms with Crippen molar-refractivity contribution in [2.24, 2.45) is 0 Å². The Morgan fingerprint density at radius 2 is 2.27 bits per heavy atom. The Balaban J connectivity index is 1.34. The van der Waals surface area contributed by atoms with Crippen LogP contribution in [0.25, 0.3) is 5.78 Å². The monoisotopic (exact) mass is 303 g/mol. The summed E-state index contributed by atoms with van der Waals surface area (Å²) in [7, 11) is 0. The molecule has 2 N–H and O–H groups in total. The number of imidazole rings is 1. The van der Waals surface area contributed by atoms with Gasteiger partial charge in [-0.05, 0) is 51.4 Å². The third-order valence-corrected chi connectivity index (χ3v) is 4.43. The number of hydrogen-bond acceptors (Lipinski definition) is 5. The Morgan fingerprint density at radius 1 is 1.32 bits per heavy atom. The number of likely N-dealkylation sites (tertiary alicyclic amines) is 1. The molecule has 2 aromatic heterocycles. The van der Waals surface area contributed by atoms with E-state index in [-0.39, 0.29) is 0 Å². The summed E-state index contributed by atoms with van der Waals surface area (Å²) in [5.41, 5.74) is 1.14. The average molecular weight is 303 g/mol. The minimum atomic E-state index is 0.306. The van der Waals surface area contributed by atoms with Gasteiger partial charge in [0.05, 0.1) is 18.5 Å². The van der Waals surface area contributed by atoms with Crippen LogP contribution in [0.3, 0.4) is 0 Å². The fraction of sp³-hybridized carbons (Fsp3) is 0.625. The molecule has 0 bridgehead atoms. The molecular formula is C16H25N5O. The molecule has 3 heterocycles. The highest BCUT2D eigenvalue weighted by Crippen LogP contribution is 2.16. The third-order valence-electron chi connectivity index (χ3n) is 4.43. The maximum Gasteiger partial charge on any atom is 0.233 e. The minimum absolute atomic E-state index is 0.306. The van der Waals surface area contributed by atoms with Crippen molar-refractivity contribution < 1.29 is 5.11 Å². The van der Waals surface area contributed by atoms with Crippen molar-refractivity contribution in [3.63, 3.8) is 0 Å². The van der Waals surface area contributed by atoms with Crippen LogP contribution in [0.2, 0.25) is 0 Å². The molecule has 2 aromatic rings. The van der Waals surface area contributed by atoms with E-state index < -0.39 is 0 Å². The first-order valence-electron chi connectivity index (χ1n) is 8.21. The molecular weight excluding hydrogens is 278 g/mol. The van der Waals surface area contributed by atoms with Gasteiger partial charge in [0.1, 0.15) is 0 Å². The van der Waals surface area contributed by atoms with Crippen molar-refractivity contribution in [3.05, 3.63) is 30.4 Å². The van der Waals surface area contributed by atoms with E-state index in [0.717, 1.165) is 50.5 Å². The lowest BCUT2D eigenvalue weighted by Crippen LogP contribution is -2.33. The normalized spacial score (nSPS) is 19.2. The van der Waals surface area contributed by atoms with E-state index in [4.69, 9.17) is 0 Å². The van der Waals surface area contributed by atoms with Crippen molar-refractivity contribution in [1.29, 1.82) is 0 Å². The first kappa shape index (κ1) is 15.4. The molecule has 1 unspecified atom stereocenters. The van der Waals surface area contributed by atoms with Gasteiger partial charge in [-0.15, -0.1) is 0 Å². The number of nitrogens with one attached hydrogen (secondary N) is 1. The quantitative estimate of drug-likeness (QED) is 0.714. The Hall–Kier alpha value is -1.50.